The highest BCUT2D eigenvalue weighted by Gasteiger charge is 2.29. The predicted octanol–water partition coefficient (Wildman–Crippen LogP) is 2.79. The van der Waals surface area contributed by atoms with Crippen molar-refractivity contribution >= 4 is 17.3 Å². The number of nitrogens with one attached hydrogen (secondary N) is 2. The molecule has 4 heteroatoms. The van der Waals surface area contributed by atoms with Crippen LogP contribution in [0.15, 0.2) is 18.2 Å². The van der Waals surface area contributed by atoms with Crippen molar-refractivity contribution in [1.82, 2.24) is 4.90 Å². The van der Waals surface area contributed by atoms with Crippen molar-refractivity contribution in [3.8, 4) is 0 Å². The molecular weight excluding hydrogens is 250 g/mol. The monoisotopic (exact) mass is 273 g/mol. The highest BCUT2D eigenvalue weighted by atomic mass is 16.2. The molecule has 0 saturated carbocycles. The number of hydrogen-bond donors (Lipinski definition) is 2. The number of carbonyl (C=O) groups excluding carboxylic acids is 1. The molecule has 1 amide bonds. The number of nitrogens with zero attached hydrogens (tertiary/aromatic N) is 1. The highest BCUT2D eigenvalue weighted by Crippen LogP contribution is 2.30. The molecule has 2 aliphatic heterocycles. The molecule has 1 aromatic carbocycles. The number of hydrogen-bond acceptors (Lipinski definition) is 3. The third-order valence-electron chi connectivity index (χ3n) is 4.21. The SMILES string of the molecule is CC1(C)CCCN(C(=O)c2ccc3c(c2)NCCN3)C1. The van der Waals surface area contributed by atoms with E-state index in [2.05, 4.69) is 24.5 Å². The van der Waals surface area contributed by atoms with Gasteiger partial charge in [0.15, 0.2) is 0 Å². The van der Waals surface area contributed by atoms with Crippen molar-refractivity contribution in [2.24, 2.45) is 5.41 Å². The normalized spacial score (nSPS) is 20.6. The van der Waals surface area contributed by atoms with Crippen molar-refractivity contribution < 1.29 is 4.79 Å². The van der Waals surface area contributed by atoms with E-state index in [1.54, 1.807) is 0 Å². The van der Waals surface area contributed by atoms with Gasteiger partial charge < -0.3 is 15.5 Å². The minimum absolute atomic E-state index is 0.160. The second kappa shape index (κ2) is 5.00. The van der Waals surface area contributed by atoms with Crippen LogP contribution >= 0.6 is 0 Å². The minimum atomic E-state index is 0.160. The summed E-state index contributed by atoms with van der Waals surface area (Å²) in [4.78, 5) is 14.7. The molecule has 20 heavy (non-hydrogen) atoms. The third-order valence-corrected chi connectivity index (χ3v) is 4.21. The number of amides is 1. The van der Waals surface area contributed by atoms with Crippen LogP contribution in [0, 0.1) is 5.41 Å². The fourth-order valence-electron chi connectivity index (χ4n) is 3.15. The summed E-state index contributed by atoms with van der Waals surface area (Å²) in [5.74, 6) is 0.160. The van der Waals surface area contributed by atoms with E-state index in [0.29, 0.717) is 0 Å². The van der Waals surface area contributed by atoms with E-state index in [9.17, 15) is 4.79 Å². The molecule has 1 fully saturated rings. The van der Waals surface area contributed by atoms with Crippen molar-refractivity contribution in [2.75, 3.05) is 36.8 Å². The van der Waals surface area contributed by atoms with Gasteiger partial charge in [0.2, 0.25) is 0 Å². The first-order valence-corrected chi connectivity index (χ1v) is 7.46. The molecule has 3 rings (SSSR count). The number of benzene rings is 1. The van der Waals surface area contributed by atoms with Gasteiger partial charge in [-0.25, -0.2) is 0 Å². The minimum Gasteiger partial charge on any atom is -0.382 e. The topological polar surface area (TPSA) is 44.4 Å². The number of anilines is 2. The molecule has 2 N–H and O–H groups in total. The van der Waals surface area contributed by atoms with Gasteiger partial charge in [0.1, 0.15) is 0 Å². The molecular formula is C16H23N3O. The Morgan fingerprint density at radius 1 is 1.20 bits per heavy atom. The fraction of sp³-hybridized carbons (Fsp3) is 0.562. The summed E-state index contributed by atoms with van der Waals surface area (Å²) in [6.45, 7) is 8.05. The fourth-order valence-corrected chi connectivity index (χ4v) is 3.15. The maximum Gasteiger partial charge on any atom is 0.253 e. The van der Waals surface area contributed by atoms with E-state index in [1.807, 2.05) is 23.1 Å². The van der Waals surface area contributed by atoms with Crippen molar-refractivity contribution in [3.63, 3.8) is 0 Å². The smallest absolute Gasteiger partial charge is 0.253 e. The highest BCUT2D eigenvalue weighted by molar-refractivity contribution is 5.96. The van der Waals surface area contributed by atoms with Gasteiger partial charge >= 0.3 is 0 Å². The van der Waals surface area contributed by atoms with E-state index in [4.69, 9.17) is 0 Å². The van der Waals surface area contributed by atoms with Gasteiger partial charge in [0, 0.05) is 31.7 Å². The Morgan fingerprint density at radius 2 is 1.95 bits per heavy atom. The van der Waals surface area contributed by atoms with Gasteiger partial charge in [-0.2, -0.15) is 0 Å². The van der Waals surface area contributed by atoms with Gasteiger partial charge in [0.05, 0.1) is 11.4 Å². The molecule has 0 unspecified atom stereocenters. The van der Waals surface area contributed by atoms with E-state index in [0.717, 1.165) is 49.5 Å². The summed E-state index contributed by atoms with van der Waals surface area (Å²) in [6, 6.07) is 5.91. The lowest BCUT2D eigenvalue weighted by molar-refractivity contribution is 0.0583. The maximum atomic E-state index is 12.7. The van der Waals surface area contributed by atoms with Crippen LogP contribution < -0.4 is 10.6 Å². The Labute approximate surface area is 120 Å². The van der Waals surface area contributed by atoms with Crippen LogP contribution in [0.1, 0.15) is 37.0 Å². The van der Waals surface area contributed by atoms with Crippen molar-refractivity contribution in [2.45, 2.75) is 26.7 Å². The molecule has 1 aromatic rings. The number of fused-ring (bicyclic) bond motifs is 1. The summed E-state index contributed by atoms with van der Waals surface area (Å²) in [5.41, 5.74) is 3.16. The third kappa shape index (κ3) is 2.60. The largest absolute Gasteiger partial charge is 0.382 e. The Balaban J connectivity index is 1.80. The Hall–Kier alpha value is -1.71. The van der Waals surface area contributed by atoms with Crippen LogP contribution in [0.3, 0.4) is 0 Å². The second-order valence-corrected chi connectivity index (χ2v) is 6.61. The van der Waals surface area contributed by atoms with Crippen LogP contribution in [-0.2, 0) is 0 Å². The summed E-state index contributed by atoms with van der Waals surface area (Å²) in [5, 5.41) is 6.68. The molecule has 2 heterocycles. The zero-order chi connectivity index (χ0) is 14.2. The maximum absolute atomic E-state index is 12.7. The Kier molecular flexibility index (Phi) is 3.32. The van der Waals surface area contributed by atoms with Gasteiger partial charge in [0.25, 0.3) is 5.91 Å². The van der Waals surface area contributed by atoms with E-state index < -0.39 is 0 Å². The van der Waals surface area contributed by atoms with Crippen molar-refractivity contribution in [3.05, 3.63) is 23.8 Å². The summed E-state index contributed by atoms with van der Waals surface area (Å²) in [7, 11) is 0. The van der Waals surface area contributed by atoms with Gasteiger partial charge in [-0.15, -0.1) is 0 Å². The average Bonchev–Trinajstić information content (AvgIpc) is 2.45. The Morgan fingerprint density at radius 3 is 2.70 bits per heavy atom. The van der Waals surface area contributed by atoms with Crippen LogP contribution in [0.4, 0.5) is 11.4 Å². The predicted molar refractivity (Wildman–Crippen MR) is 82.3 cm³/mol. The molecule has 1 saturated heterocycles. The van der Waals surface area contributed by atoms with Crippen LogP contribution in [0.5, 0.6) is 0 Å². The first kappa shape index (κ1) is 13.3. The summed E-state index contributed by atoms with van der Waals surface area (Å²) < 4.78 is 0. The molecule has 4 nitrogen and oxygen atoms in total. The van der Waals surface area contributed by atoms with Crippen LogP contribution in [-0.4, -0.2) is 37.0 Å². The molecule has 0 spiro atoms. The van der Waals surface area contributed by atoms with Gasteiger partial charge in [-0.1, -0.05) is 13.8 Å². The second-order valence-electron chi connectivity index (χ2n) is 6.61. The van der Waals surface area contributed by atoms with Crippen LogP contribution in [0.2, 0.25) is 0 Å². The quantitative estimate of drug-likeness (QED) is 0.827. The van der Waals surface area contributed by atoms with Gasteiger partial charge in [-0.05, 0) is 36.5 Å². The first-order chi connectivity index (χ1) is 9.55. The number of piperidine rings is 1. The van der Waals surface area contributed by atoms with E-state index in [-0.39, 0.29) is 11.3 Å². The van der Waals surface area contributed by atoms with E-state index >= 15 is 0 Å². The lowest BCUT2D eigenvalue weighted by atomic mass is 9.84. The molecule has 0 aliphatic carbocycles. The summed E-state index contributed by atoms with van der Waals surface area (Å²) >= 11 is 0. The number of carbonyl (C=O) groups is 1. The molecule has 0 radical (unpaired) electrons. The zero-order valence-corrected chi connectivity index (χ0v) is 12.3. The van der Waals surface area contributed by atoms with E-state index in [1.165, 1.54) is 6.42 Å². The zero-order valence-electron chi connectivity index (χ0n) is 12.3. The van der Waals surface area contributed by atoms with Crippen LogP contribution in [0.25, 0.3) is 0 Å². The summed E-state index contributed by atoms with van der Waals surface area (Å²) in [6.07, 6.45) is 2.30. The Bertz CT molecular complexity index is 524. The molecule has 0 bridgehead atoms. The van der Waals surface area contributed by atoms with Gasteiger partial charge in [-0.3, -0.25) is 4.79 Å². The lowest BCUT2D eigenvalue weighted by Gasteiger charge is -2.38. The number of likely N-dealkylation sites (tertiary alicyclic amines) is 1. The molecule has 0 atom stereocenters. The van der Waals surface area contributed by atoms with Crippen molar-refractivity contribution in [1.29, 1.82) is 0 Å². The molecule has 2 aliphatic rings. The lowest BCUT2D eigenvalue weighted by Crippen LogP contribution is -2.43. The molecule has 0 aromatic heterocycles. The number of rotatable bonds is 1. The standard InChI is InChI=1S/C16H23N3O/c1-16(2)6-3-9-19(11-16)15(20)12-4-5-13-14(10-12)18-8-7-17-13/h4-5,10,17-18H,3,6-9,11H2,1-2H3. The average molecular weight is 273 g/mol. The molecule has 108 valence electrons. The first-order valence-electron chi connectivity index (χ1n) is 7.46.